The third-order valence-electron chi connectivity index (χ3n) is 3.77. The number of β-amino-alcohol motifs (C(OH)–C–C–N with tert-alkyl or cyclic N) is 1. The van der Waals surface area contributed by atoms with Gasteiger partial charge in [0.25, 0.3) is 0 Å². The van der Waals surface area contributed by atoms with Crippen molar-refractivity contribution in [3.05, 3.63) is 28.8 Å². The summed E-state index contributed by atoms with van der Waals surface area (Å²) in [4.78, 5) is 2.24. The molecule has 0 radical (unpaired) electrons. The molecular weight excluding hydrogens is 325 g/mol. The summed E-state index contributed by atoms with van der Waals surface area (Å²) in [5.41, 5.74) is 1.03. The topological polar surface area (TPSA) is 41.9 Å². The quantitative estimate of drug-likeness (QED) is 0.887. The second-order valence-electron chi connectivity index (χ2n) is 6.21. The van der Waals surface area contributed by atoms with E-state index >= 15 is 0 Å². The van der Waals surface area contributed by atoms with Gasteiger partial charge in [-0.15, -0.1) is 12.4 Å². The number of nitrogens with zero attached hydrogens (tertiary/aromatic N) is 1. The normalized spacial score (nSPS) is 19.3. The maximum Gasteiger partial charge on any atom is 0.138 e. The second kappa shape index (κ2) is 8.37. The van der Waals surface area contributed by atoms with E-state index in [1.165, 1.54) is 0 Å². The van der Waals surface area contributed by atoms with Crippen LogP contribution in [0.25, 0.3) is 0 Å². The summed E-state index contributed by atoms with van der Waals surface area (Å²) >= 11 is 6.12. The average Bonchev–Trinajstić information content (AvgIpc) is 2.40. The lowest BCUT2D eigenvalue weighted by atomic mass is 10.0. The van der Waals surface area contributed by atoms with Crippen LogP contribution < -0.4 is 4.74 Å². The number of ether oxygens (including phenoxy) is 2. The molecule has 1 aromatic rings. The number of aryl methyl sites for hydroxylation is 1. The lowest BCUT2D eigenvalue weighted by Crippen LogP contribution is -2.55. The first-order valence-electron chi connectivity index (χ1n) is 7.28. The number of halogens is 2. The molecule has 1 N–H and O–H groups in total. The van der Waals surface area contributed by atoms with Crippen LogP contribution >= 0.6 is 24.0 Å². The number of hydrogen-bond acceptors (Lipinski definition) is 4. The molecular formula is C16H25Cl2NO3. The first kappa shape index (κ1) is 19.5. The van der Waals surface area contributed by atoms with E-state index in [4.69, 9.17) is 21.1 Å². The Labute approximate surface area is 143 Å². The molecule has 1 aromatic carbocycles. The van der Waals surface area contributed by atoms with Gasteiger partial charge in [-0.3, -0.25) is 4.90 Å². The molecule has 4 nitrogen and oxygen atoms in total. The van der Waals surface area contributed by atoms with E-state index in [0.717, 1.165) is 12.1 Å². The number of rotatable bonds is 5. The Balaban J connectivity index is 0.00000242. The molecule has 1 fully saturated rings. The zero-order valence-electron chi connectivity index (χ0n) is 13.3. The molecule has 1 aliphatic heterocycles. The number of morpholine rings is 1. The van der Waals surface area contributed by atoms with Crippen molar-refractivity contribution in [3.8, 4) is 5.75 Å². The Morgan fingerprint density at radius 3 is 2.82 bits per heavy atom. The summed E-state index contributed by atoms with van der Waals surface area (Å²) < 4.78 is 11.1. The third-order valence-corrected chi connectivity index (χ3v) is 4.06. The molecule has 22 heavy (non-hydrogen) atoms. The summed E-state index contributed by atoms with van der Waals surface area (Å²) in [6.45, 7) is 9.24. The zero-order valence-corrected chi connectivity index (χ0v) is 14.9. The number of aliphatic hydroxyl groups excluding tert-OH is 1. The molecule has 6 heteroatoms. The maximum atomic E-state index is 10.2. The summed E-state index contributed by atoms with van der Waals surface area (Å²) in [7, 11) is 0. The summed E-state index contributed by atoms with van der Waals surface area (Å²) in [5, 5.41) is 10.8. The lowest BCUT2D eigenvalue weighted by molar-refractivity contribution is -0.0703. The van der Waals surface area contributed by atoms with Crippen LogP contribution in [-0.2, 0) is 4.74 Å². The van der Waals surface area contributed by atoms with Crippen LogP contribution in [0.5, 0.6) is 5.75 Å². The van der Waals surface area contributed by atoms with Gasteiger partial charge < -0.3 is 14.6 Å². The molecule has 1 atom stereocenters. The van der Waals surface area contributed by atoms with E-state index in [9.17, 15) is 5.11 Å². The van der Waals surface area contributed by atoms with Gasteiger partial charge in [-0.25, -0.2) is 0 Å². The predicted molar refractivity (Wildman–Crippen MR) is 91.4 cm³/mol. The minimum absolute atomic E-state index is 0. The van der Waals surface area contributed by atoms with E-state index < -0.39 is 6.10 Å². The fourth-order valence-electron chi connectivity index (χ4n) is 2.45. The zero-order chi connectivity index (χ0) is 15.5. The molecule has 0 amide bonds. The standard InChI is InChI=1S/C16H24ClNO3.ClH/c1-12-4-5-15(14(17)8-12)21-10-13(19)9-18-6-7-20-11-16(18,2)3;/h4-5,8,13,19H,6-7,9-11H2,1-3H3;1H. The Kier molecular flexibility index (Phi) is 7.42. The highest BCUT2D eigenvalue weighted by molar-refractivity contribution is 6.32. The molecule has 1 aliphatic rings. The van der Waals surface area contributed by atoms with Gasteiger partial charge in [-0.1, -0.05) is 17.7 Å². The van der Waals surface area contributed by atoms with Crippen LogP contribution in [0.2, 0.25) is 5.02 Å². The van der Waals surface area contributed by atoms with Gasteiger partial charge in [0.1, 0.15) is 18.5 Å². The van der Waals surface area contributed by atoms with Crippen LogP contribution in [0.4, 0.5) is 0 Å². The van der Waals surface area contributed by atoms with Crippen LogP contribution in [0.15, 0.2) is 18.2 Å². The van der Waals surface area contributed by atoms with Gasteiger partial charge in [-0.2, -0.15) is 0 Å². The third kappa shape index (κ3) is 5.28. The number of hydrogen-bond donors (Lipinski definition) is 1. The summed E-state index contributed by atoms with van der Waals surface area (Å²) in [6, 6.07) is 5.64. The van der Waals surface area contributed by atoms with Gasteiger partial charge in [0.15, 0.2) is 0 Å². The fraction of sp³-hybridized carbons (Fsp3) is 0.625. The van der Waals surface area contributed by atoms with Crippen molar-refractivity contribution in [2.45, 2.75) is 32.4 Å². The van der Waals surface area contributed by atoms with Gasteiger partial charge in [0.05, 0.1) is 18.2 Å². The molecule has 0 bridgehead atoms. The molecule has 0 saturated carbocycles. The summed E-state index contributed by atoms with van der Waals surface area (Å²) in [6.07, 6.45) is -0.556. The first-order chi connectivity index (χ1) is 9.88. The molecule has 0 aliphatic carbocycles. The largest absolute Gasteiger partial charge is 0.489 e. The van der Waals surface area contributed by atoms with Gasteiger partial charge in [0, 0.05) is 18.6 Å². The number of aliphatic hydroxyl groups is 1. The van der Waals surface area contributed by atoms with E-state index in [1.54, 1.807) is 0 Å². The summed E-state index contributed by atoms with van der Waals surface area (Å²) in [5.74, 6) is 0.613. The maximum absolute atomic E-state index is 10.2. The molecule has 1 saturated heterocycles. The Bertz CT molecular complexity index is 482. The fourth-order valence-corrected chi connectivity index (χ4v) is 2.73. The first-order valence-corrected chi connectivity index (χ1v) is 7.66. The molecule has 1 unspecified atom stereocenters. The lowest BCUT2D eigenvalue weighted by Gasteiger charge is -2.42. The van der Waals surface area contributed by atoms with E-state index in [2.05, 4.69) is 18.7 Å². The smallest absolute Gasteiger partial charge is 0.138 e. The average molecular weight is 350 g/mol. The molecule has 0 aromatic heterocycles. The van der Waals surface area contributed by atoms with Crippen molar-refractivity contribution < 1.29 is 14.6 Å². The monoisotopic (exact) mass is 349 g/mol. The van der Waals surface area contributed by atoms with Crippen molar-refractivity contribution in [1.29, 1.82) is 0 Å². The van der Waals surface area contributed by atoms with Crippen molar-refractivity contribution >= 4 is 24.0 Å². The Morgan fingerprint density at radius 2 is 2.18 bits per heavy atom. The Hall–Kier alpha value is -0.520. The van der Waals surface area contributed by atoms with Gasteiger partial charge >= 0.3 is 0 Å². The SMILES string of the molecule is Cc1ccc(OCC(O)CN2CCOCC2(C)C)c(Cl)c1.Cl. The second-order valence-corrected chi connectivity index (χ2v) is 6.62. The van der Waals surface area contributed by atoms with Gasteiger partial charge in [-0.05, 0) is 38.5 Å². The molecule has 2 rings (SSSR count). The van der Waals surface area contributed by atoms with Gasteiger partial charge in [0.2, 0.25) is 0 Å². The van der Waals surface area contributed by atoms with E-state index in [-0.39, 0.29) is 24.6 Å². The molecule has 1 heterocycles. The Morgan fingerprint density at radius 1 is 1.45 bits per heavy atom. The highest BCUT2D eigenvalue weighted by atomic mass is 35.5. The minimum atomic E-state index is -0.556. The molecule has 0 spiro atoms. The molecule has 126 valence electrons. The highest BCUT2D eigenvalue weighted by Crippen LogP contribution is 2.25. The van der Waals surface area contributed by atoms with Crippen LogP contribution in [-0.4, -0.2) is 54.6 Å². The highest BCUT2D eigenvalue weighted by Gasteiger charge is 2.31. The van der Waals surface area contributed by atoms with Crippen LogP contribution in [0.1, 0.15) is 19.4 Å². The minimum Gasteiger partial charge on any atom is -0.489 e. The van der Waals surface area contributed by atoms with E-state index in [0.29, 0.717) is 30.5 Å². The van der Waals surface area contributed by atoms with Crippen molar-refractivity contribution in [3.63, 3.8) is 0 Å². The van der Waals surface area contributed by atoms with Crippen molar-refractivity contribution in [1.82, 2.24) is 4.90 Å². The van der Waals surface area contributed by atoms with E-state index in [1.807, 2.05) is 25.1 Å². The van der Waals surface area contributed by atoms with Crippen molar-refractivity contribution in [2.75, 3.05) is 32.9 Å². The number of benzene rings is 1. The predicted octanol–water partition coefficient (Wildman–Crippen LogP) is 2.92. The van der Waals surface area contributed by atoms with Crippen LogP contribution in [0.3, 0.4) is 0 Å². The van der Waals surface area contributed by atoms with Crippen molar-refractivity contribution in [2.24, 2.45) is 0 Å². The van der Waals surface area contributed by atoms with Crippen LogP contribution in [0, 0.1) is 6.92 Å².